The highest BCUT2D eigenvalue weighted by Gasteiger charge is 2.09. The monoisotopic (exact) mass is 356 g/mol. The Kier molecular flexibility index (Phi) is 5.13. The van der Waals surface area contributed by atoms with Gasteiger partial charge in [-0.3, -0.25) is 0 Å². The molecule has 19 heavy (non-hydrogen) atoms. The van der Waals surface area contributed by atoms with Gasteiger partial charge in [-0.25, -0.2) is 4.98 Å². The summed E-state index contributed by atoms with van der Waals surface area (Å²) < 4.78 is 0.907. The van der Waals surface area contributed by atoms with Gasteiger partial charge in [0.25, 0.3) is 0 Å². The average molecular weight is 358 g/mol. The maximum atomic E-state index is 6.08. The van der Waals surface area contributed by atoms with Crippen molar-refractivity contribution >= 4 is 45.0 Å². The fraction of sp³-hybridized carbons (Fsp3) is 0.214. The van der Waals surface area contributed by atoms with Crippen LogP contribution < -0.4 is 5.32 Å². The zero-order chi connectivity index (χ0) is 13.8. The molecule has 1 aromatic heterocycles. The van der Waals surface area contributed by atoms with E-state index in [4.69, 9.17) is 11.6 Å². The molecule has 1 heterocycles. The summed E-state index contributed by atoms with van der Waals surface area (Å²) in [5, 5.41) is 3.86. The molecule has 100 valence electrons. The molecular weight excluding hydrogens is 344 g/mol. The van der Waals surface area contributed by atoms with Crippen LogP contribution in [0.25, 0.3) is 0 Å². The fourth-order valence-electron chi connectivity index (χ4n) is 1.73. The molecule has 5 heteroatoms. The summed E-state index contributed by atoms with van der Waals surface area (Å²) in [4.78, 5) is 5.37. The van der Waals surface area contributed by atoms with Crippen LogP contribution in [0.4, 0.5) is 5.69 Å². The maximum Gasteiger partial charge on any atom is 0.152 e. The molecule has 2 nitrogen and oxygen atoms in total. The van der Waals surface area contributed by atoms with Gasteiger partial charge in [0.2, 0.25) is 0 Å². The first-order valence-corrected chi connectivity index (χ1v) is 8.21. The van der Waals surface area contributed by atoms with E-state index in [1.54, 1.807) is 18.0 Å². The van der Waals surface area contributed by atoms with Crippen LogP contribution >= 0.6 is 39.3 Å². The predicted octanol–water partition coefficient (Wildman–Crippen LogP) is 5.39. The van der Waals surface area contributed by atoms with Crippen molar-refractivity contribution in [1.82, 2.24) is 4.98 Å². The molecule has 1 unspecified atom stereocenters. The SMILES string of the molecule is CSc1ccc(C(C)Nc2cc(Br)cnc2Cl)cc1. The van der Waals surface area contributed by atoms with E-state index < -0.39 is 0 Å². The molecule has 1 aromatic carbocycles. The molecule has 2 aromatic rings. The number of hydrogen-bond acceptors (Lipinski definition) is 3. The summed E-state index contributed by atoms with van der Waals surface area (Å²) in [6.45, 7) is 2.10. The van der Waals surface area contributed by atoms with Gasteiger partial charge in [0.1, 0.15) is 0 Å². The molecule has 0 radical (unpaired) electrons. The smallest absolute Gasteiger partial charge is 0.152 e. The molecule has 0 amide bonds. The van der Waals surface area contributed by atoms with E-state index >= 15 is 0 Å². The predicted molar refractivity (Wildman–Crippen MR) is 87.2 cm³/mol. The van der Waals surface area contributed by atoms with Crippen LogP contribution in [0, 0.1) is 0 Å². The molecule has 0 bridgehead atoms. The van der Waals surface area contributed by atoms with Gasteiger partial charge >= 0.3 is 0 Å². The summed E-state index contributed by atoms with van der Waals surface area (Å²) in [5.41, 5.74) is 2.05. The Morgan fingerprint density at radius 2 is 2.00 bits per heavy atom. The van der Waals surface area contributed by atoms with E-state index in [2.05, 4.69) is 63.7 Å². The van der Waals surface area contributed by atoms with Gasteiger partial charge in [-0.15, -0.1) is 11.8 Å². The van der Waals surface area contributed by atoms with Crippen LogP contribution in [0.5, 0.6) is 0 Å². The van der Waals surface area contributed by atoms with Crippen LogP contribution in [0.15, 0.2) is 45.9 Å². The minimum absolute atomic E-state index is 0.171. The molecule has 1 N–H and O–H groups in total. The van der Waals surface area contributed by atoms with Crippen LogP contribution in [0.3, 0.4) is 0 Å². The highest BCUT2D eigenvalue weighted by molar-refractivity contribution is 9.10. The third-order valence-electron chi connectivity index (χ3n) is 2.79. The molecule has 0 aliphatic heterocycles. The van der Waals surface area contributed by atoms with Crippen LogP contribution in [-0.4, -0.2) is 11.2 Å². The van der Waals surface area contributed by atoms with Crippen LogP contribution in [-0.2, 0) is 0 Å². The molecular formula is C14H14BrClN2S. The summed E-state index contributed by atoms with van der Waals surface area (Å²) in [5.74, 6) is 0. The topological polar surface area (TPSA) is 24.9 Å². The van der Waals surface area contributed by atoms with E-state index in [1.165, 1.54) is 10.5 Å². The molecule has 0 spiro atoms. The molecule has 2 rings (SSSR count). The van der Waals surface area contributed by atoms with Crippen molar-refractivity contribution < 1.29 is 0 Å². The highest BCUT2D eigenvalue weighted by atomic mass is 79.9. The van der Waals surface area contributed by atoms with Gasteiger partial charge in [0.15, 0.2) is 5.15 Å². The van der Waals surface area contributed by atoms with Gasteiger partial charge in [-0.05, 0) is 52.9 Å². The minimum atomic E-state index is 0.171. The van der Waals surface area contributed by atoms with Gasteiger partial charge in [-0.2, -0.15) is 0 Å². The number of hydrogen-bond donors (Lipinski definition) is 1. The lowest BCUT2D eigenvalue weighted by Crippen LogP contribution is -2.07. The number of pyridine rings is 1. The van der Waals surface area contributed by atoms with E-state index in [9.17, 15) is 0 Å². The first-order valence-electron chi connectivity index (χ1n) is 5.81. The largest absolute Gasteiger partial charge is 0.376 e. The van der Waals surface area contributed by atoms with E-state index in [0.717, 1.165) is 10.2 Å². The zero-order valence-electron chi connectivity index (χ0n) is 10.7. The first kappa shape index (κ1) is 14.7. The number of nitrogens with zero attached hydrogens (tertiary/aromatic N) is 1. The van der Waals surface area contributed by atoms with Gasteiger partial charge < -0.3 is 5.32 Å². The van der Waals surface area contributed by atoms with E-state index in [0.29, 0.717) is 5.15 Å². The van der Waals surface area contributed by atoms with Crippen molar-refractivity contribution in [2.75, 3.05) is 11.6 Å². The number of benzene rings is 1. The van der Waals surface area contributed by atoms with Gasteiger partial charge in [0, 0.05) is 21.6 Å². The van der Waals surface area contributed by atoms with E-state index in [-0.39, 0.29) is 6.04 Å². The number of anilines is 1. The Hall–Kier alpha value is -0.710. The van der Waals surface area contributed by atoms with Crippen molar-refractivity contribution in [2.24, 2.45) is 0 Å². The van der Waals surface area contributed by atoms with Crippen LogP contribution in [0.1, 0.15) is 18.5 Å². The third kappa shape index (κ3) is 3.88. The van der Waals surface area contributed by atoms with Crippen molar-refractivity contribution in [3.63, 3.8) is 0 Å². The first-order chi connectivity index (χ1) is 9.10. The summed E-state index contributed by atoms with van der Waals surface area (Å²) in [6, 6.07) is 10.6. The zero-order valence-corrected chi connectivity index (χ0v) is 13.8. The second-order valence-corrected chi connectivity index (χ2v) is 6.28. The molecule has 0 fully saturated rings. The number of rotatable bonds is 4. The Morgan fingerprint density at radius 3 is 2.63 bits per heavy atom. The van der Waals surface area contributed by atoms with E-state index in [1.807, 2.05) is 6.07 Å². The summed E-state index contributed by atoms with van der Waals surface area (Å²) >= 11 is 11.2. The fourth-order valence-corrected chi connectivity index (χ4v) is 2.63. The normalized spacial score (nSPS) is 12.2. The second kappa shape index (κ2) is 6.64. The van der Waals surface area contributed by atoms with Gasteiger partial charge in [-0.1, -0.05) is 23.7 Å². The highest BCUT2D eigenvalue weighted by Crippen LogP contribution is 2.27. The lowest BCUT2D eigenvalue weighted by atomic mass is 10.1. The van der Waals surface area contributed by atoms with Crippen molar-refractivity contribution in [3.8, 4) is 0 Å². The number of aromatic nitrogens is 1. The molecule has 0 aliphatic rings. The Balaban J connectivity index is 2.15. The Morgan fingerprint density at radius 1 is 1.32 bits per heavy atom. The maximum absolute atomic E-state index is 6.08. The Labute approximate surface area is 131 Å². The molecule has 0 saturated heterocycles. The van der Waals surface area contributed by atoms with Crippen molar-refractivity contribution in [1.29, 1.82) is 0 Å². The molecule has 0 aliphatic carbocycles. The molecule has 0 saturated carbocycles. The number of thioether (sulfide) groups is 1. The third-order valence-corrected chi connectivity index (χ3v) is 4.27. The quantitative estimate of drug-likeness (QED) is 0.586. The summed E-state index contributed by atoms with van der Waals surface area (Å²) in [6.07, 6.45) is 3.76. The average Bonchev–Trinajstić information content (AvgIpc) is 2.43. The Bertz CT molecular complexity index is 560. The van der Waals surface area contributed by atoms with Gasteiger partial charge in [0.05, 0.1) is 5.69 Å². The molecule has 1 atom stereocenters. The van der Waals surface area contributed by atoms with Crippen molar-refractivity contribution in [2.45, 2.75) is 17.9 Å². The number of nitrogens with one attached hydrogen (secondary N) is 1. The lowest BCUT2D eigenvalue weighted by molar-refractivity contribution is 0.880. The van der Waals surface area contributed by atoms with Crippen LogP contribution in [0.2, 0.25) is 5.15 Å². The second-order valence-electron chi connectivity index (χ2n) is 4.13. The summed E-state index contributed by atoms with van der Waals surface area (Å²) in [7, 11) is 0. The number of halogens is 2. The lowest BCUT2D eigenvalue weighted by Gasteiger charge is -2.16. The standard InChI is InChI=1S/C14H14BrClN2S/c1-9(10-3-5-12(19-2)6-4-10)18-13-7-11(15)8-17-14(13)16/h3-9,18H,1-2H3. The minimum Gasteiger partial charge on any atom is -0.376 e. The van der Waals surface area contributed by atoms with Crippen molar-refractivity contribution in [3.05, 3.63) is 51.7 Å².